The number of methoxy groups -OCH3 is 1. The molecule has 2 rings (SSSR count). The maximum absolute atomic E-state index is 12.6. The van der Waals surface area contributed by atoms with Gasteiger partial charge in [0.1, 0.15) is 5.75 Å². The van der Waals surface area contributed by atoms with Gasteiger partial charge in [-0.15, -0.1) is 0 Å². The highest BCUT2D eigenvalue weighted by Gasteiger charge is 2.30. The highest BCUT2D eigenvalue weighted by molar-refractivity contribution is 5.97. The Morgan fingerprint density at radius 1 is 1.03 bits per heavy atom. The van der Waals surface area contributed by atoms with Crippen LogP contribution in [0.3, 0.4) is 0 Å². The smallest absolute Gasteiger partial charge is 0.416 e. The van der Waals surface area contributed by atoms with Gasteiger partial charge in [0.15, 0.2) is 0 Å². The lowest BCUT2D eigenvalue weighted by Crippen LogP contribution is -2.23. The molecule has 168 valence electrons. The van der Waals surface area contributed by atoms with E-state index >= 15 is 0 Å². The predicted octanol–water partition coefficient (Wildman–Crippen LogP) is 4.78. The number of ether oxygens (including phenoxy) is 2. The highest BCUT2D eigenvalue weighted by atomic mass is 19.4. The highest BCUT2D eigenvalue weighted by Crippen LogP contribution is 2.29. The van der Waals surface area contributed by atoms with Crippen LogP contribution in [0.2, 0.25) is 0 Å². The van der Waals surface area contributed by atoms with Crippen LogP contribution in [0.25, 0.3) is 0 Å². The van der Waals surface area contributed by atoms with E-state index in [0.717, 1.165) is 17.7 Å². The summed E-state index contributed by atoms with van der Waals surface area (Å²) in [5, 5.41) is 2.68. The summed E-state index contributed by atoms with van der Waals surface area (Å²) in [6.07, 6.45) is -3.32. The van der Waals surface area contributed by atoms with Crippen molar-refractivity contribution in [2.45, 2.75) is 39.4 Å². The van der Waals surface area contributed by atoms with Gasteiger partial charge < -0.3 is 14.8 Å². The number of carbonyl (C=O) groups is 2. The van der Waals surface area contributed by atoms with Gasteiger partial charge in [0.25, 0.3) is 5.91 Å². The average Bonchev–Trinajstić information content (AvgIpc) is 2.75. The van der Waals surface area contributed by atoms with E-state index < -0.39 is 17.6 Å². The molecule has 0 saturated heterocycles. The first-order chi connectivity index (χ1) is 14.7. The zero-order valence-corrected chi connectivity index (χ0v) is 17.7. The van der Waals surface area contributed by atoms with Crippen molar-refractivity contribution in [2.75, 3.05) is 13.7 Å². The fourth-order valence-corrected chi connectivity index (χ4v) is 3.08. The second kappa shape index (κ2) is 10.8. The molecule has 1 unspecified atom stereocenters. The predicted molar refractivity (Wildman–Crippen MR) is 110 cm³/mol. The lowest BCUT2D eigenvalue weighted by molar-refractivity contribution is -0.148. The summed E-state index contributed by atoms with van der Waals surface area (Å²) in [6, 6.07) is 9.66. The van der Waals surface area contributed by atoms with Crippen LogP contribution in [-0.2, 0) is 28.7 Å². The number of rotatable bonds is 9. The van der Waals surface area contributed by atoms with Crippen molar-refractivity contribution in [3.8, 4) is 5.75 Å². The summed E-state index contributed by atoms with van der Waals surface area (Å²) in [6.45, 7) is 4.05. The SMILES string of the molecule is CCOC(=O)C(CC)Cc1ccc(C(=O)NCc2ccc(C(F)(F)F)cc2)c(OC)c1. The molecule has 0 radical (unpaired) electrons. The molecule has 0 aliphatic rings. The number of benzene rings is 2. The number of halogens is 3. The van der Waals surface area contributed by atoms with E-state index in [9.17, 15) is 22.8 Å². The average molecular weight is 437 g/mol. The second-order valence-electron chi connectivity index (χ2n) is 6.97. The molecular weight excluding hydrogens is 411 g/mol. The first kappa shape index (κ1) is 24.2. The number of hydrogen-bond acceptors (Lipinski definition) is 4. The fourth-order valence-electron chi connectivity index (χ4n) is 3.08. The van der Waals surface area contributed by atoms with Gasteiger partial charge in [-0.1, -0.05) is 25.1 Å². The first-order valence-electron chi connectivity index (χ1n) is 9.97. The van der Waals surface area contributed by atoms with Crippen LogP contribution in [0.4, 0.5) is 13.2 Å². The normalized spacial score (nSPS) is 12.2. The summed E-state index contributed by atoms with van der Waals surface area (Å²) in [7, 11) is 1.44. The minimum absolute atomic E-state index is 0.0721. The van der Waals surface area contributed by atoms with E-state index in [1.165, 1.54) is 19.2 Å². The summed E-state index contributed by atoms with van der Waals surface area (Å²) >= 11 is 0. The molecule has 31 heavy (non-hydrogen) atoms. The molecule has 0 bridgehead atoms. The molecule has 1 N–H and O–H groups in total. The zero-order chi connectivity index (χ0) is 23.0. The van der Waals surface area contributed by atoms with Gasteiger partial charge in [0, 0.05) is 6.54 Å². The topological polar surface area (TPSA) is 64.6 Å². The van der Waals surface area contributed by atoms with Crippen LogP contribution in [0.5, 0.6) is 5.75 Å². The van der Waals surface area contributed by atoms with E-state index in [1.807, 2.05) is 6.92 Å². The van der Waals surface area contributed by atoms with E-state index in [0.29, 0.717) is 36.3 Å². The third-order valence-electron chi connectivity index (χ3n) is 4.84. The van der Waals surface area contributed by atoms with Gasteiger partial charge in [0.05, 0.1) is 30.8 Å². The van der Waals surface area contributed by atoms with Gasteiger partial charge in [-0.05, 0) is 55.2 Å². The third-order valence-corrected chi connectivity index (χ3v) is 4.84. The molecule has 0 aliphatic heterocycles. The Morgan fingerprint density at radius 3 is 2.23 bits per heavy atom. The Labute approximate surface area is 179 Å². The minimum atomic E-state index is -4.40. The largest absolute Gasteiger partial charge is 0.496 e. The van der Waals surface area contributed by atoms with E-state index in [4.69, 9.17) is 9.47 Å². The molecule has 1 atom stereocenters. The summed E-state index contributed by atoms with van der Waals surface area (Å²) in [5.74, 6) is -0.617. The molecule has 0 fully saturated rings. The Kier molecular flexibility index (Phi) is 8.47. The number of amides is 1. The van der Waals surface area contributed by atoms with Crippen LogP contribution in [0.1, 0.15) is 47.3 Å². The Balaban J connectivity index is 2.06. The maximum atomic E-state index is 12.6. The zero-order valence-electron chi connectivity index (χ0n) is 17.7. The Hall–Kier alpha value is -3.03. The number of carbonyl (C=O) groups excluding carboxylic acids is 2. The van der Waals surface area contributed by atoms with Crippen LogP contribution in [0.15, 0.2) is 42.5 Å². The van der Waals surface area contributed by atoms with Gasteiger partial charge in [0.2, 0.25) is 0 Å². The van der Waals surface area contributed by atoms with Gasteiger partial charge in [-0.25, -0.2) is 0 Å². The molecule has 1 amide bonds. The minimum Gasteiger partial charge on any atom is -0.496 e. The standard InChI is InChI=1S/C23H26F3NO4/c1-4-17(22(29)31-5-2)12-16-8-11-19(20(13-16)30-3)21(28)27-14-15-6-9-18(10-7-15)23(24,25)26/h6-11,13,17H,4-5,12,14H2,1-3H3,(H,27,28). The molecule has 0 heterocycles. The molecule has 8 heteroatoms. The number of hydrogen-bond donors (Lipinski definition) is 1. The second-order valence-corrected chi connectivity index (χ2v) is 6.97. The van der Waals surface area contributed by atoms with Crippen molar-refractivity contribution in [3.05, 3.63) is 64.7 Å². The number of nitrogens with one attached hydrogen (secondary N) is 1. The molecule has 0 saturated carbocycles. The van der Waals surface area contributed by atoms with Crippen molar-refractivity contribution < 1.29 is 32.2 Å². The monoisotopic (exact) mass is 437 g/mol. The quantitative estimate of drug-likeness (QED) is 0.574. The van der Waals surface area contributed by atoms with Crippen LogP contribution >= 0.6 is 0 Å². The van der Waals surface area contributed by atoms with Crippen molar-refractivity contribution in [1.82, 2.24) is 5.32 Å². The van der Waals surface area contributed by atoms with Crippen molar-refractivity contribution in [3.63, 3.8) is 0 Å². The molecular formula is C23H26F3NO4. The van der Waals surface area contributed by atoms with Crippen molar-refractivity contribution >= 4 is 11.9 Å². The number of alkyl halides is 3. The maximum Gasteiger partial charge on any atom is 0.416 e. The van der Waals surface area contributed by atoms with Crippen molar-refractivity contribution in [2.24, 2.45) is 5.92 Å². The van der Waals surface area contributed by atoms with E-state index in [2.05, 4.69) is 5.32 Å². The Bertz CT molecular complexity index is 895. The molecule has 2 aromatic rings. The molecule has 0 spiro atoms. The van der Waals surface area contributed by atoms with Gasteiger partial charge >= 0.3 is 12.1 Å². The van der Waals surface area contributed by atoms with Crippen LogP contribution in [-0.4, -0.2) is 25.6 Å². The fraction of sp³-hybridized carbons (Fsp3) is 0.391. The van der Waals surface area contributed by atoms with Crippen molar-refractivity contribution in [1.29, 1.82) is 0 Å². The van der Waals surface area contributed by atoms with E-state index in [1.54, 1.807) is 25.1 Å². The molecule has 5 nitrogen and oxygen atoms in total. The summed E-state index contributed by atoms with van der Waals surface area (Å²) in [5.41, 5.74) is 0.920. The lowest BCUT2D eigenvalue weighted by atomic mass is 9.96. The van der Waals surface area contributed by atoms with Gasteiger partial charge in [-0.3, -0.25) is 9.59 Å². The first-order valence-corrected chi connectivity index (χ1v) is 9.97. The molecule has 0 aromatic heterocycles. The lowest BCUT2D eigenvalue weighted by Gasteiger charge is -2.15. The van der Waals surface area contributed by atoms with Gasteiger partial charge in [-0.2, -0.15) is 13.2 Å². The van der Waals surface area contributed by atoms with Crippen LogP contribution < -0.4 is 10.1 Å². The van der Waals surface area contributed by atoms with Crippen LogP contribution in [0, 0.1) is 5.92 Å². The third kappa shape index (κ3) is 6.73. The molecule has 2 aromatic carbocycles. The molecule has 0 aliphatic carbocycles. The van der Waals surface area contributed by atoms with E-state index in [-0.39, 0.29) is 18.4 Å². The number of esters is 1. The summed E-state index contributed by atoms with van der Waals surface area (Å²) < 4.78 is 48.4. The Morgan fingerprint density at radius 2 is 1.68 bits per heavy atom. The summed E-state index contributed by atoms with van der Waals surface area (Å²) in [4.78, 5) is 24.6.